The topological polar surface area (TPSA) is 0 Å². The number of rotatable bonds is 10. The van der Waals surface area contributed by atoms with E-state index in [9.17, 15) is 0 Å². The van der Waals surface area contributed by atoms with E-state index < -0.39 is 0 Å². The van der Waals surface area contributed by atoms with Gasteiger partial charge in [-0.15, -0.1) is 0 Å². The Labute approximate surface area is 119 Å². The Hall–Kier alpha value is -1.30. The lowest BCUT2D eigenvalue weighted by Crippen LogP contribution is -1.81. The molecular formula is C19H28. The van der Waals surface area contributed by atoms with Crippen molar-refractivity contribution in [2.45, 2.75) is 58.3 Å². The minimum Gasteiger partial charge on any atom is -0.0985 e. The summed E-state index contributed by atoms with van der Waals surface area (Å²) in [6.07, 6.45) is 17.1. The maximum Gasteiger partial charge on any atom is -0.00974 e. The van der Waals surface area contributed by atoms with Gasteiger partial charge in [0.25, 0.3) is 0 Å². The van der Waals surface area contributed by atoms with Gasteiger partial charge in [0, 0.05) is 0 Å². The molecule has 0 aromatic heterocycles. The van der Waals surface area contributed by atoms with Crippen molar-refractivity contribution < 1.29 is 0 Å². The van der Waals surface area contributed by atoms with Gasteiger partial charge in [0.1, 0.15) is 0 Å². The summed E-state index contributed by atoms with van der Waals surface area (Å²) in [5, 5.41) is 0. The molecule has 0 heterocycles. The van der Waals surface area contributed by atoms with Gasteiger partial charge < -0.3 is 0 Å². The molecule has 0 amide bonds. The average molecular weight is 256 g/mol. The number of benzene rings is 1. The van der Waals surface area contributed by atoms with E-state index in [4.69, 9.17) is 0 Å². The molecule has 0 heteroatoms. The molecule has 0 spiro atoms. The minimum atomic E-state index is 1.05. The zero-order valence-electron chi connectivity index (χ0n) is 12.4. The fraction of sp³-hybridized carbons (Fsp3) is 0.474. The molecule has 0 radical (unpaired) electrons. The molecule has 0 nitrogen and oxygen atoms in total. The van der Waals surface area contributed by atoms with Crippen LogP contribution in [0.25, 0.3) is 6.08 Å². The van der Waals surface area contributed by atoms with Crippen molar-refractivity contribution in [1.82, 2.24) is 0 Å². The fourth-order valence-corrected chi connectivity index (χ4v) is 2.17. The van der Waals surface area contributed by atoms with Crippen molar-refractivity contribution in [2.24, 2.45) is 0 Å². The molecule has 1 rings (SSSR count). The highest BCUT2D eigenvalue weighted by atomic mass is 14.0. The molecule has 19 heavy (non-hydrogen) atoms. The standard InChI is InChI=1S/C19H28/c1-3-5-6-7-8-9-10-11-12-13-19-16-14-18(4-2)15-17-19/h4,11-12,14-17H,2-3,5-10,13H2,1H3/b12-11+. The van der Waals surface area contributed by atoms with Crippen molar-refractivity contribution in [3.63, 3.8) is 0 Å². The summed E-state index contributed by atoms with van der Waals surface area (Å²) < 4.78 is 0. The van der Waals surface area contributed by atoms with E-state index in [0.717, 1.165) is 6.42 Å². The molecule has 0 aliphatic heterocycles. The van der Waals surface area contributed by atoms with Crippen molar-refractivity contribution in [1.29, 1.82) is 0 Å². The molecule has 1 aromatic rings. The average Bonchev–Trinajstić information content (AvgIpc) is 2.46. The van der Waals surface area contributed by atoms with Gasteiger partial charge in [0.2, 0.25) is 0 Å². The summed E-state index contributed by atoms with van der Waals surface area (Å²) in [5.74, 6) is 0. The van der Waals surface area contributed by atoms with Gasteiger partial charge in [0.15, 0.2) is 0 Å². The molecule has 0 N–H and O–H groups in total. The maximum absolute atomic E-state index is 3.77. The normalized spacial score (nSPS) is 11.0. The molecule has 0 saturated heterocycles. The second-order valence-electron chi connectivity index (χ2n) is 5.18. The highest BCUT2D eigenvalue weighted by Gasteiger charge is 1.90. The third-order valence-corrected chi connectivity index (χ3v) is 3.46. The molecule has 0 fully saturated rings. The molecule has 0 bridgehead atoms. The lowest BCUT2D eigenvalue weighted by molar-refractivity contribution is 0.611. The quantitative estimate of drug-likeness (QED) is 0.346. The van der Waals surface area contributed by atoms with E-state index in [1.807, 2.05) is 6.08 Å². The van der Waals surface area contributed by atoms with Crippen LogP contribution in [0.4, 0.5) is 0 Å². The second-order valence-corrected chi connectivity index (χ2v) is 5.18. The molecule has 104 valence electrons. The lowest BCUT2D eigenvalue weighted by atomic mass is 10.1. The van der Waals surface area contributed by atoms with Crippen molar-refractivity contribution in [2.75, 3.05) is 0 Å². The van der Waals surface area contributed by atoms with E-state index in [2.05, 4.69) is 49.9 Å². The smallest absolute Gasteiger partial charge is 0.00974 e. The minimum absolute atomic E-state index is 1.05. The van der Waals surface area contributed by atoms with E-state index in [0.29, 0.717) is 0 Å². The van der Waals surface area contributed by atoms with Crippen LogP contribution in [-0.4, -0.2) is 0 Å². The summed E-state index contributed by atoms with van der Waals surface area (Å²) in [6.45, 7) is 6.04. The van der Waals surface area contributed by atoms with Gasteiger partial charge in [-0.2, -0.15) is 0 Å². The number of unbranched alkanes of at least 4 members (excludes halogenated alkanes) is 6. The first kappa shape index (κ1) is 15.8. The van der Waals surface area contributed by atoms with Crippen LogP contribution in [0.2, 0.25) is 0 Å². The molecule has 0 atom stereocenters. The van der Waals surface area contributed by atoms with Gasteiger partial charge >= 0.3 is 0 Å². The molecule has 1 aromatic carbocycles. The van der Waals surface area contributed by atoms with E-state index in [1.165, 1.54) is 56.1 Å². The predicted molar refractivity (Wildman–Crippen MR) is 87.4 cm³/mol. The van der Waals surface area contributed by atoms with Crippen LogP contribution >= 0.6 is 0 Å². The van der Waals surface area contributed by atoms with Gasteiger partial charge in [0.05, 0.1) is 0 Å². The SMILES string of the molecule is C=Cc1ccc(C/C=C/CCCCCCCC)cc1. The van der Waals surface area contributed by atoms with Gasteiger partial charge in [-0.3, -0.25) is 0 Å². The molecule has 0 aliphatic carbocycles. The zero-order chi connectivity index (χ0) is 13.8. The predicted octanol–water partition coefficient (Wildman–Crippen LogP) is 6.18. The Morgan fingerprint density at radius 1 is 0.895 bits per heavy atom. The van der Waals surface area contributed by atoms with E-state index >= 15 is 0 Å². The van der Waals surface area contributed by atoms with Crippen LogP contribution in [0.15, 0.2) is 43.0 Å². The van der Waals surface area contributed by atoms with Crippen LogP contribution < -0.4 is 0 Å². The Bertz CT molecular complexity index is 356. The first-order valence-electron chi connectivity index (χ1n) is 7.73. The highest BCUT2D eigenvalue weighted by molar-refractivity contribution is 5.47. The van der Waals surface area contributed by atoms with E-state index in [1.54, 1.807) is 0 Å². The number of hydrogen-bond donors (Lipinski definition) is 0. The van der Waals surface area contributed by atoms with Gasteiger partial charge in [-0.1, -0.05) is 88.1 Å². The van der Waals surface area contributed by atoms with Crippen LogP contribution in [0.1, 0.15) is 63.0 Å². The number of hydrogen-bond acceptors (Lipinski definition) is 0. The van der Waals surface area contributed by atoms with Crippen molar-refractivity contribution in [3.05, 3.63) is 54.1 Å². The summed E-state index contributed by atoms with van der Waals surface area (Å²) in [4.78, 5) is 0. The van der Waals surface area contributed by atoms with Gasteiger partial charge in [-0.25, -0.2) is 0 Å². The summed E-state index contributed by atoms with van der Waals surface area (Å²) in [6, 6.07) is 8.63. The fourth-order valence-electron chi connectivity index (χ4n) is 2.17. The zero-order valence-corrected chi connectivity index (χ0v) is 12.4. The van der Waals surface area contributed by atoms with Crippen LogP contribution in [-0.2, 0) is 6.42 Å². The number of allylic oxidation sites excluding steroid dienone is 2. The third kappa shape index (κ3) is 7.66. The third-order valence-electron chi connectivity index (χ3n) is 3.46. The Balaban J connectivity index is 2.07. The molecule has 0 saturated carbocycles. The Kier molecular flexibility index (Phi) is 8.80. The maximum atomic E-state index is 3.77. The van der Waals surface area contributed by atoms with Crippen molar-refractivity contribution >= 4 is 6.08 Å². The second kappa shape index (κ2) is 10.6. The van der Waals surface area contributed by atoms with E-state index in [-0.39, 0.29) is 0 Å². The Morgan fingerprint density at radius 2 is 1.58 bits per heavy atom. The van der Waals surface area contributed by atoms with Crippen LogP contribution in [0, 0.1) is 0 Å². The summed E-state index contributed by atoms with van der Waals surface area (Å²) >= 11 is 0. The first-order chi connectivity index (χ1) is 9.36. The largest absolute Gasteiger partial charge is 0.0985 e. The summed E-state index contributed by atoms with van der Waals surface area (Å²) in [5.41, 5.74) is 2.57. The van der Waals surface area contributed by atoms with Crippen molar-refractivity contribution in [3.8, 4) is 0 Å². The van der Waals surface area contributed by atoms with Crippen LogP contribution in [0.5, 0.6) is 0 Å². The highest BCUT2D eigenvalue weighted by Crippen LogP contribution is 2.09. The van der Waals surface area contributed by atoms with Gasteiger partial charge in [-0.05, 0) is 30.4 Å². The van der Waals surface area contributed by atoms with Crippen LogP contribution in [0.3, 0.4) is 0 Å². The first-order valence-corrected chi connectivity index (χ1v) is 7.73. The molecule has 0 unspecified atom stereocenters. The lowest BCUT2D eigenvalue weighted by Gasteiger charge is -1.99. The molecular weight excluding hydrogens is 228 g/mol. The molecule has 0 aliphatic rings. The monoisotopic (exact) mass is 256 g/mol. The summed E-state index contributed by atoms with van der Waals surface area (Å²) in [7, 11) is 0. The Morgan fingerprint density at radius 3 is 2.26 bits per heavy atom.